The lowest BCUT2D eigenvalue weighted by Gasteiger charge is -2.36. The molecule has 7 nitrogen and oxygen atoms in total. The lowest BCUT2D eigenvalue weighted by Crippen LogP contribution is -2.43. The molecule has 1 fully saturated rings. The predicted octanol–water partition coefficient (Wildman–Crippen LogP) is 3.99. The van der Waals surface area contributed by atoms with Crippen molar-refractivity contribution in [3.8, 4) is 16.9 Å². The quantitative estimate of drug-likeness (QED) is 0.589. The van der Waals surface area contributed by atoms with Crippen LogP contribution in [0.15, 0.2) is 41.3 Å². The normalized spacial score (nSPS) is 19.8. The number of likely N-dealkylation sites (tertiary alicyclic amines) is 1. The molecule has 2 heterocycles. The molecule has 1 amide bonds. The first-order valence-corrected chi connectivity index (χ1v) is 12.6. The number of hydrogen-bond acceptors (Lipinski definition) is 5. The maximum Gasteiger partial charge on any atom is 0.407 e. The van der Waals surface area contributed by atoms with Crippen molar-refractivity contribution >= 4 is 38.5 Å². The Bertz CT molecular complexity index is 1080. The fourth-order valence-electron chi connectivity index (χ4n) is 3.86. The molecule has 1 unspecified atom stereocenters. The number of carbonyl (C=O) groups is 1. The number of fused-ring (bicyclic) bond motifs is 1. The molecule has 1 saturated heterocycles. The minimum Gasteiger partial charge on any atom is -0.465 e. The van der Waals surface area contributed by atoms with Gasteiger partial charge in [0.05, 0.1) is 11.5 Å². The molecule has 30 heavy (non-hydrogen) atoms. The third-order valence-electron chi connectivity index (χ3n) is 5.58. The lowest BCUT2D eigenvalue weighted by molar-refractivity contribution is -0.148. The third kappa shape index (κ3) is 4.42. The molecule has 0 bridgehead atoms. The molecule has 0 radical (unpaired) electrons. The second-order valence-electron chi connectivity index (χ2n) is 7.64. The Balaban J connectivity index is 1.49. The summed E-state index contributed by atoms with van der Waals surface area (Å²) in [6.45, 7) is 1.42. The lowest BCUT2D eigenvalue weighted by atomic mass is 9.95. The van der Waals surface area contributed by atoms with E-state index in [-0.39, 0.29) is 12.2 Å². The first kappa shape index (κ1) is 21.4. The summed E-state index contributed by atoms with van der Waals surface area (Å²) in [5.74, 6) is 0.941. The standard InChI is InChI=1S/C21H22INO6S/c1-30(26,27)16-3-4-17(18(22)11-16)14-2-5-19-15(10-14)12-28-20(29-19)13-6-8-23(9-7-13)21(24)25/h2-5,10-11,13,20H,6-9,12H2,1H3,(H,24,25). The molecule has 2 aliphatic heterocycles. The third-order valence-corrected chi connectivity index (χ3v) is 7.58. The first-order valence-electron chi connectivity index (χ1n) is 9.61. The van der Waals surface area contributed by atoms with Gasteiger partial charge in [-0.05, 0) is 70.8 Å². The zero-order valence-corrected chi connectivity index (χ0v) is 19.4. The van der Waals surface area contributed by atoms with Crippen molar-refractivity contribution in [2.45, 2.75) is 30.6 Å². The van der Waals surface area contributed by atoms with Crippen LogP contribution in [0.2, 0.25) is 0 Å². The summed E-state index contributed by atoms with van der Waals surface area (Å²) in [5.41, 5.74) is 2.86. The average molecular weight is 543 g/mol. The Labute approximate surface area is 189 Å². The summed E-state index contributed by atoms with van der Waals surface area (Å²) in [7, 11) is -3.24. The molecule has 0 spiro atoms. The Morgan fingerprint density at radius 3 is 2.53 bits per heavy atom. The van der Waals surface area contributed by atoms with Gasteiger partial charge in [-0.1, -0.05) is 12.1 Å². The van der Waals surface area contributed by atoms with Crippen LogP contribution in [0.5, 0.6) is 5.75 Å². The van der Waals surface area contributed by atoms with E-state index in [1.54, 1.807) is 12.1 Å². The summed E-state index contributed by atoms with van der Waals surface area (Å²) in [4.78, 5) is 12.8. The molecule has 2 aliphatic rings. The second-order valence-corrected chi connectivity index (χ2v) is 10.8. The zero-order valence-electron chi connectivity index (χ0n) is 16.4. The van der Waals surface area contributed by atoms with Crippen molar-refractivity contribution in [3.05, 3.63) is 45.5 Å². The van der Waals surface area contributed by atoms with Crippen LogP contribution in [0.1, 0.15) is 18.4 Å². The average Bonchev–Trinajstić information content (AvgIpc) is 2.72. The van der Waals surface area contributed by atoms with Gasteiger partial charge in [-0.3, -0.25) is 0 Å². The van der Waals surface area contributed by atoms with Crippen LogP contribution in [0.4, 0.5) is 4.79 Å². The molecule has 4 rings (SSSR count). The van der Waals surface area contributed by atoms with Crippen molar-refractivity contribution in [3.63, 3.8) is 0 Å². The van der Waals surface area contributed by atoms with Crippen LogP contribution >= 0.6 is 22.6 Å². The number of carboxylic acid groups (broad SMARTS) is 1. The van der Waals surface area contributed by atoms with E-state index in [9.17, 15) is 13.2 Å². The Morgan fingerprint density at radius 1 is 1.17 bits per heavy atom. The van der Waals surface area contributed by atoms with Gasteiger partial charge in [-0.2, -0.15) is 0 Å². The highest BCUT2D eigenvalue weighted by molar-refractivity contribution is 14.1. The van der Waals surface area contributed by atoms with Crippen LogP contribution in [0.3, 0.4) is 0 Å². The predicted molar refractivity (Wildman–Crippen MR) is 119 cm³/mol. The molecule has 2 aromatic carbocycles. The highest BCUT2D eigenvalue weighted by Crippen LogP contribution is 2.36. The maximum atomic E-state index is 11.8. The number of hydrogen-bond donors (Lipinski definition) is 1. The van der Waals surface area contributed by atoms with Gasteiger partial charge in [0.2, 0.25) is 6.29 Å². The SMILES string of the molecule is CS(=O)(=O)c1ccc(-c2ccc3c(c2)COC(C2CCN(C(=O)O)CC2)O3)c(I)c1. The van der Waals surface area contributed by atoms with E-state index >= 15 is 0 Å². The number of amides is 1. The van der Waals surface area contributed by atoms with Crippen LogP contribution in [0.25, 0.3) is 11.1 Å². The molecule has 2 aromatic rings. The van der Waals surface area contributed by atoms with Gasteiger partial charge in [0.1, 0.15) is 5.75 Å². The summed E-state index contributed by atoms with van der Waals surface area (Å²) in [6, 6.07) is 11.0. The largest absolute Gasteiger partial charge is 0.465 e. The van der Waals surface area contributed by atoms with Gasteiger partial charge >= 0.3 is 6.09 Å². The van der Waals surface area contributed by atoms with E-state index < -0.39 is 15.9 Å². The van der Waals surface area contributed by atoms with Crippen LogP contribution in [0, 0.1) is 9.49 Å². The van der Waals surface area contributed by atoms with Crippen LogP contribution < -0.4 is 4.74 Å². The van der Waals surface area contributed by atoms with E-state index in [4.69, 9.17) is 14.6 Å². The number of nitrogens with zero attached hydrogens (tertiary/aromatic N) is 1. The van der Waals surface area contributed by atoms with Crippen LogP contribution in [-0.2, 0) is 21.2 Å². The second kappa shape index (κ2) is 8.35. The minimum atomic E-state index is -3.24. The van der Waals surface area contributed by atoms with Gasteiger partial charge in [0.25, 0.3) is 0 Å². The minimum absolute atomic E-state index is 0.165. The Hall–Kier alpha value is -1.85. The Kier molecular flexibility index (Phi) is 5.95. The zero-order chi connectivity index (χ0) is 21.5. The molecule has 1 atom stereocenters. The van der Waals surface area contributed by atoms with Gasteiger partial charge < -0.3 is 19.5 Å². The fourth-order valence-corrected chi connectivity index (χ4v) is 5.55. The highest BCUT2D eigenvalue weighted by Gasteiger charge is 2.33. The summed E-state index contributed by atoms with van der Waals surface area (Å²) >= 11 is 2.15. The van der Waals surface area contributed by atoms with E-state index in [1.807, 2.05) is 24.3 Å². The molecule has 9 heteroatoms. The molecule has 0 aliphatic carbocycles. The summed E-state index contributed by atoms with van der Waals surface area (Å²) < 4.78 is 36.4. The van der Waals surface area contributed by atoms with Crippen molar-refractivity contribution in [2.75, 3.05) is 19.3 Å². The van der Waals surface area contributed by atoms with Crippen molar-refractivity contribution < 1.29 is 27.8 Å². The van der Waals surface area contributed by atoms with Crippen molar-refractivity contribution in [1.82, 2.24) is 4.90 Å². The Morgan fingerprint density at radius 2 is 1.90 bits per heavy atom. The fraction of sp³-hybridized carbons (Fsp3) is 0.381. The highest BCUT2D eigenvalue weighted by atomic mass is 127. The molecule has 1 N–H and O–H groups in total. The van der Waals surface area contributed by atoms with E-state index in [0.717, 1.165) is 38.9 Å². The van der Waals surface area contributed by atoms with E-state index in [1.165, 1.54) is 11.2 Å². The number of sulfone groups is 1. The topological polar surface area (TPSA) is 93.1 Å². The number of ether oxygens (including phenoxy) is 2. The maximum absolute atomic E-state index is 11.8. The van der Waals surface area contributed by atoms with Gasteiger partial charge in [0, 0.05) is 34.4 Å². The van der Waals surface area contributed by atoms with Gasteiger partial charge in [-0.15, -0.1) is 0 Å². The number of rotatable bonds is 3. The van der Waals surface area contributed by atoms with Gasteiger partial charge in [0.15, 0.2) is 9.84 Å². The van der Waals surface area contributed by atoms with Crippen LogP contribution in [-0.4, -0.2) is 50.2 Å². The smallest absolute Gasteiger partial charge is 0.407 e. The number of piperidine rings is 1. The monoisotopic (exact) mass is 543 g/mol. The van der Waals surface area contributed by atoms with E-state index in [0.29, 0.717) is 24.6 Å². The number of halogens is 1. The molecular formula is C21H22INO6S. The molecule has 160 valence electrons. The van der Waals surface area contributed by atoms with Gasteiger partial charge in [-0.25, -0.2) is 13.2 Å². The van der Waals surface area contributed by atoms with Crippen molar-refractivity contribution in [1.29, 1.82) is 0 Å². The first-order chi connectivity index (χ1) is 14.2. The summed E-state index contributed by atoms with van der Waals surface area (Å²) in [6.07, 6.45) is 1.39. The number of benzene rings is 2. The molecular weight excluding hydrogens is 521 g/mol. The summed E-state index contributed by atoms with van der Waals surface area (Å²) in [5, 5.41) is 9.09. The molecule has 0 saturated carbocycles. The van der Waals surface area contributed by atoms with Crippen molar-refractivity contribution in [2.24, 2.45) is 5.92 Å². The molecule has 0 aromatic heterocycles. The van der Waals surface area contributed by atoms with E-state index in [2.05, 4.69) is 22.6 Å².